The van der Waals surface area contributed by atoms with Crippen molar-refractivity contribution in [1.82, 2.24) is 0 Å². The lowest BCUT2D eigenvalue weighted by Crippen LogP contribution is -2.16. The van der Waals surface area contributed by atoms with E-state index < -0.39 is 24.7 Å². The van der Waals surface area contributed by atoms with Crippen molar-refractivity contribution >= 4 is 57.5 Å². The van der Waals surface area contributed by atoms with Crippen LogP contribution < -0.4 is 9.47 Å². The summed E-state index contributed by atoms with van der Waals surface area (Å²) < 4.78 is 16.1. The van der Waals surface area contributed by atoms with Gasteiger partial charge in [-0.15, -0.1) is 0 Å². The summed E-state index contributed by atoms with van der Waals surface area (Å²) in [6, 6.07) is 15.0. The molecular weight excluding hydrogens is 486 g/mol. The van der Waals surface area contributed by atoms with E-state index in [1.807, 2.05) is 18.2 Å². The summed E-state index contributed by atoms with van der Waals surface area (Å²) in [6.45, 7) is 2.66. The Morgan fingerprint density at radius 3 is 2.30 bits per heavy atom. The summed E-state index contributed by atoms with van der Waals surface area (Å²) >= 11 is 5.14. The molecule has 11 heteroatoms. The van der Waals surface area contributed by atoms with Gasteiger partial charge in [0.2, 0.25) is 0 Å². The van der Waals surface area contributed by atoms with E-state index in [0.29, 0.717) is 5.75 Å². The molecule has 0 atom stereocenters. The van der Waals surface area contributed by atoms with Crippen LogP contribution in [0.3, 0.4) is 0 Å². The van der Waals surface area contributed by atoms with Crippen LogP contribution in [0.15, 0.2) is 59.8 Å². The van der Waals surface area contributed by atoms with Crippen LogP contribution in [0.4, 0.5) is 0 Å². The number of carbonyl (C=O) groups excluding carboxylic acids is 3. The molecule has 0 spiro atoms. The molecule has 0 unspecified atom stereocenters. The zero-order valence-corrected chi connectivity index (χ0v) is 19.5. The van der Waals surface area contributed by atoms with Crippen molar-refractivity contribution in [2.24, 2.45) is 5.16 Å². The van der Waals surface area contributed by atoms with Crippen LogP contribution in [0.1, 0.15) is 23.2 Å². The molecular formula is C22H17NO7S3. The molecule has 0 aliphatic rings. The van der Waals surface area contributed by atoms with E-state index in [4.69, 9.17) is 26.4 Å². The topological polar surface area (TPSA) is 100 Å². The molecule has 0 radical (unpaired) electrons. The molecule has 1 heterocycles. The summed E-state index contributed by atoms with van der Waals surface area (Å²) in [5.41, 5.74) is 0.996. The van der Waals surface area contributed by atoms with Gasteiger partial charge in [0.15, 0.2) is 0 Å². The quantitative estimate of drug-likeness (QED) is 0.0541. The molecule has 170 valence electrons. The monoisotopic (exact) mass is 503 g/mol. The first-order chi connectivity index (χ1) is 16.0. The van der Waals surface area contributed by atoms with Crippen LogP contribution in [0.5, 0.6) is 11.5 Å². The van der Waals surface area contributed by atoms with Crippen LogP contribution in [0.25, 0.3) is 10.4 Å². The summed E-state index contributed by atoms with van der Waals surface area (Å²) in [5.74, 6) is -1.70. The Balaban J connectivity index is 1.50. The number of hydrogen-bond donors (Lipinski definition) is 0. The fourth-order valence-corrected chi connectivity index (χ4v) is 4.94. The molecule has 2 aromatic carbocycles. The summed E-state index contributed by atoms with van der Waals surface area (Å²) in [7, 11) is 3.10. The van der Waals surface area contributed by atoms with Gasteiger partial charge in [0.05, 0.1) is 12.8 Å². The zero-order chi connectivity index (χ0) is 23.6. The van der Waals surface area contributed by atoms with Gasteiger partial charge in [0, 0.05) is 11.6 Å². The van der Waals surface area contributed by atoms with Gasteiger partial charge in [-0.05, 0) is 48.0 Å². The maximum atomic E-state index is 12.2. The number of benzene rings is 2. The molecule has 0 amide bonds. The van der Waals surface area contributed by atoms with Crippen molar-refractivity contribution < 1.29 is 33.4 Å². The van der Waals surface area contributed by atoms with E-state index >= 15 is 0 Å². The highest BCUT2D eigenvalue weighted by Gasteiger charge is 2.17. The van der Waals surface area contributed by atoms with Crippen molar-refractivity contribution in [2.45, 2.75) is 12.8 Å². The van der Waals surface area contributed by atoms with Gasteiger partial charge >= 0.3 is 17.9 Å². The van der Waals surface area contributed by atoms with Crippen molar-refractivity contribution in [2.75, 3.05) is 6.79 Å². The van der Waals surface area contributed by atoms with E-state index in [1.54, 1.807) is 34.6 Å². The standard InChI is InChI=1S/C22H17NO7S3/c1-23-28-13-27-22(26)16-4-2-3-5-17(16)30-20(25)11-10-19(24)29-15-8-6-14(7-9-15)18-12-21(31)33-32-18/h2-9,12H,1,10-11,13H2. The first-order valence-corrected chi connectivity index (χ1v) is 12.0. The van der Waals surface area contributed by atoms with Crippen molar-refractivity contribution in [3.05, 3.63) is 64.0 Å². The average molecular weight is 504 g/mol. The number of oxime groups is 1. The number of hydrogen-bond acceptors (Lipinski definition) is 11. The lowest BCUT2D eigenvalue weighted by atomic mass is 10.2. The van der Waals surface area contributed by atoms with Crippen LogP contribution >= 0.6 is 32.9 Å². The lowest BCUT2D eigenvalue weighted by molar-refractivity contribution is -0.140. The number of ether oxygens (including phenoxy) is 3. The largest absolute Gasteiger partial charge is 0.427 e. The van der Waals surface area contributed by atoms with Crippen LogP contribution in [0, 0.1) is 3.82 Å². The lowest BCUT2D eigenvalue weighted by Gasteiger charge is -2.09. The van der Waals surface area contributed by atoms with Gasteiger partial charge in [-0.2, -0.15) is 0 Å². The SMILES string of the molecule is C=NOCOC(=O)c1ccccc1OC(=O)CCC(=O)Oc1ccc(-c2cc(=S)ss2)cc1. The molecule has 0 aliphatic carbocycles. The second kappa shape index (κ2) is 12.0. The van der Waals surface area contributed by atoms with Gasteiger partial charge in [0.1, 0.15) is 20.9 Å². The van der Waals surface area contributed by atoms with Crippen LogP contribution in [0.2, 0.25) is 0 Å². The van der Waals surface area contributed by atoms with Crippen LogP contribution in [-0.2, 0) is 19.2 Å². The third-order valence-electron chi connectivity index (χ3n) is 4.03. The summed E-state index contributed by atoms with van der Waals surface area (Å²) in [5, 5.41) is 3.10. The number of nitrogens with zero attached hydrogens (tertiary/aromatic N) is 1. The second-order valence-corrected chi connectivity index (χ2v) is 9.18. The second-order valence-electron chi connectivity index (χ2n) is 6.27. The Bertz CT molecular complexity index is 1200. The smallest absolute Gasteiger partial charge is 0.344 e. The molecule has 33 heavy (non-hydrogen) atoms. The highest BCUT2D eigenvalue weighted by Crippen LogP contribution is 2.30. The fraction of sp³-hybridized carbons (Fsp3) is 0.136. The Kier molecular flexibility index (Phi) is 8.81. The first-order valence-electron chi connectivity index (χ1n) is 9.42. The normalized spacial score (nSPS) is 10.2. The van der Waals surface area contributed by atoms with E-state index in [9.17, 15) is 14.4 Å². The molecule has 1 aromatic heterocycles. The third-order valence-corrected chi connectivity index (χ3v) is 6.94. The number of rotatable bonds is 10. The van der Waals surface area contributed by atoms with E-state index in [1.165, 1.54) is 22.5 Å². The zero-order valence-electron chi connectivity index (χ0n) is 17.1. The Labute approximate surface area is 201 Å². The molecule has 0 saturated heterocycles. The van der Waals surface area contributed by atoms with E-state index in [-0.39, 0.29) is 24.2 Å². The Morgan fingerprint density at radius 1 is 0.939 bits per heavy atom. The van der Waals surface area contributed by atoms with Gasteiger partial charge in [0.25, 0.3) is 6.79 Å². The van der Waals surface area contributed by atoms with Gasteiger partial charge < -0.3 is 19.0 Å². The Morgan fingerprint density at radius 2 is 1.64 bits per heavy atom. The summed E-state index contributed by atoms with van der Waals surface area (Å²) in [6.07, 6.45) is -0.431. The first kappa shape index (κ1) is 24.2. The molecule has 8 nitrogen and oxygen atoms in total. The van der Waals surface area contributed by atoms with Gasteiger partial charge in [-0.1, -0.05) is 50.2 Å². The average Bonchev–Trinajstić information content (AvgIpc) is 3.25. The minimum absolute atomic E-state index is 0.000231. The molecule has 0 fully saturated rings. The minimum atomic E-state index is -0.767. The number of esters is 3. The maximum absolute atomic E-state index is 12.2. The maximum Gasteiger partial charge on any atom is 0.344 e. The number of carbonyl (C=O) groups is 3. The van der Waals surface area contributed by atoms with Crippen molar-refractivity contribution in [3.8, 4) is 21.9 Å². The highest BCUT2D eigenvalue weighted by molar-refractivity contribution is 7.80. The fourth-order valence-electron chi connectivity index (χ4n) is 2.54. The van der Waals surface area contributed by atoms with E-state index in [2.05, 4.69) is 16.7 Å². The molecule has 0 aliphatic heterocycles. The van der Waals surface area contributed by atoms with Gasteiger partial charge in [-0.3, -0.25) is 9.59 Å². The van der Waals surface area contributed by atoms with Crippen molar-refractivity contribution in [1.29, 1.82) is 0 Å². The molecule has 3 rings (SSSR count). The third kappa shape index (κ3) is 7.31. The van der Waals surface area contributed by atoms with Gasteiger partial charge in [-0.25, -0.2) is 4.79 Å². The van der Waals surface area contributed by atoms with Crippen molar-refractivity contribution in [3.63, 3.8) is 0 Å². The predicted molar refractivity (Wildman–Crippen MR) is 126 cm³/mol. The molecule has 0 saturated carbocycles. The molecule has 0 bridgehead atoms. The molecule has 3 aromatic rings. The predicted octanol–water partition coefficient (Wildman–Crippen LogP) is 5.24. The molecule has 0 N–H and O–H groups in total. The van der Waals surface area contributed by atoms with Crippen LogP contribution in [-0.4, -0.2) is 31.4 Å². The number of para-hydroxylation sites is 1. The highest BCUT2D eigenvalue weighted by atomic mass is 32.9. The summed E-state index contributed by atoms with van der Waals surface area (Å²) in [4.78, 5) is 41.9. The minimum Gasteiger partial charge on any atom is -0.427 e. The van der Waals surface area contributed by atoms with E-state index in [0.717, 1.165) is 14.3 Å². The Hall–Kier alpha value is -3.41.